The van der Waals surface area contributed by atoms with Crippen LogP contribution in [-0.2, 0) is 4.74 Å². The maximum Gasteiger partial charge on any atom is 0.0811 e. The predicted octanol–water partition coefficient (Wildman–Crippen LogP) is 8.29. The zero-order valence-corrected chi connectivity index (χ0v) is 14.3. The van der Waals surface area contributed by atoms with Crippen LogP contribution in [0, 0.1) is 0 Å². The van der Waals surface area contributed by atoms with Crippen LogP contribution in [-0.4, -0.2) is 12.2 Å². The molecule has 0 spiro atoms. The topological polar surface area (TPSA) is 12.5 Å². The molecular formula is C20H50O. The van der Waals surface area contributed by atoms with Crippen LogP contribution in [0.25, 0.3) is 0 Å². The molecule has 0 radical (unpaired) electrons. The second kappa shape index (κ2) is 36.7. The summed E-state index contributed by atoms with van der Waals surface area (Å²) in [6, 6.07) is 0. The Morgan fingerprint density at radius 1 is 0.667 bits per heavy atom. The van der Waals surface area contributed by atoms with Gasteiger partial charge in [0.25, 0.3) is 0 Å². The molecule has 1 heteroatoms. The van der Waals surface area contributed by atoms with Gasteiger partial charge in [0.05, 0.1) is 12.2 Å². The largest absolute Gasteiger partial charge is 0.370 e. The van der Waals surface area contributed by atoms with Crippen molar-refractivity contribution >= 4 is 0 Å². The highest BCUT2D eigenvalue weighted by Crippen LogP contribution is 2.18. The van der Waals surface area contributed by atoms with Gasteiger partial charge in [-0.25, -0.2) is 0 Å². The first-order chi connectivity index (χ1) is 8.55. The number of ether oxygens (including phenoxy) is 1. The Bertz CT molecular complexity index is 127. The molecule has 1 rings (SSSR count). The number of epoxide rings is 1. The number of rotatable bonds is 3. The summed E-state index contributed by atoms with van der Waals surface area (Å²) in [5, 5.41) is 0. The van der Waals surface area contributed by atoms with Crippen LogP contribution >= 0.6 is 0 Å². The van der Waals surface area contributed by atoms with E-state index in [0.717, 1.165) is 0 Å². The van der Waals surface area contributed by atoms with Gasteiger partial charge in [0.2, 0.25) is 0 Å². The third kappa shape index (κ3) is 65.6. The summed E-state index contributed by atoms with van der Waals surface area (Å²) in [4.78, 5) is 0. The van der Waals surface area contributed by atoms with E-state index in [1.54, 1.807) is 0 Å². The fraction of sp³-hybridized carbons (Fsp3) is 0.900. The number of hydrogen-bond acceptors (Lipinski definition) is 1. The first kappa shape index (κ1) is 37.2. The van der Waals surface area contributed by atoms with Gasteiger partial charge in [0.1, 0.15) is 0 Å². The molecule has 136 valence electrons. The standard InChI is InChI=1S/C5H12.C4H8O.C4H10.C4H8.3CH4/c1-3-5-4-2;1-3-4(2)5-3;2*1-3-4-2;;;/h3-5H2,1-2H3;3-4H,1-2H3;3-4H2,1-2H3;3-4H,1-2H3;3*1H4. The molecule has 1 saturated heterocycles. The monoisotopic (exact) mass is 306 g/mol. The molecule has 0 saturated carbocycles. The van der Waals surface area contributed by atoms with Gasteiger partial charge in [-0.05, 0) is 27.7 Å². The van der Waals surface area contributed by atoms with Crippen LogP contribution in [0.3, 0.4) is 0 Å². The lowest BCUT2D eigenvalue weighted by atomic mass is 10.3. The van der Waals surface area contributed by atoms with Crippen LogP contribution in [0.1, 0.15) is 110 Å². The lowest BCUT2D eigenvalue weighted by Gasteiger charge is -1.79. The van der Waals surface area contributed by atoms with E-state index in [1.807, 2.05) is 26.0 Å². The van der Waals surface area contributed by atoms with Crippen molar-refractivity contribution in [3.05, 3.63) is 12.2 Å². The van der Waals surface area contributed by atoms with Crippen molar-refractivity contribution in [1.29, 1.82) is 0 Å². The number of hydrogen-bond donors (Lipinski definition) is 0. The maximum atomic E-state index is 4.92. The molecule has 1 fully saturated rings. The van der Waals surface area contributed by atoms with Crippen molar-refractivity contribution in [2.24, 2.45) is 0 Å². The van der Waals surface area contributed by atoms with E-state index >= 15 is 0 Å². The molecule has 2 unspecified atom stereocenters. The van der Waals surface area contributed by atoms with Crippen LogP contribution in [0.5, 0.6) is 0 Å². The molecule has 0 aromatic carbocycles. The van der Waals surface area contributed by atoms with E-state index in [1.165, 1.54) is 32.1 Å². The molecule has 1 aliphatic heterocycles. The van der Waals surface area contributed by atoms with E-state index in [-0.39, 0.29) is 22.3 Å². The Morgan fingerprint density at radius 3 is 0.905 bits per heavy atom. The van der Waals surface area contributed by atoms with Crippen molar-refractivity contribution in [1.82, 2.24) is 0 Å². The van der Waals surface area contributed by atoms with Gasteiger partial charge < -0.3 is 4.74 Å². The second-order valence-electron chi connectivity index (χ2n) is 4.57. The van der Waals surface area contributed by atoms with Crippen molar-refractivity contribution < 1.29 is 4.74 Å². The van der Waals surface area contributed by atoms with Gasteiger partial charge in [-0.1, -0.05) is 94.2 Å². The van der Waals surface area contributed by atoms with Gasteiger partial charge in [-0.15, -0.1) is 0 Å². The fourth-order valence-electron chi connectivity index (χ4n) is 0.647. The van der Waals surface area contributed by atoms with E-state index in [0.29, 0.717) is 12.2 Å². The smallest absolute Gasteiger partial charge is 0.0811 e. The summed E-state index contributed by atoms with van der Waals surface area (Å²) in [7, 11) is 0. The van der Waals surface area contributed by atoms with Gasteiger partial charge in [0.15, 0.2) is 0 Å². The Balaban J connectivity index is -0.0000000343. The SMILES string of the molecule is C.C.C.CC1OC1C.CC=CC.CCCC.CCCCC. The fourth-order valence-corrected chi connectivity index (χ4v) is 0.647. The molecule has 1 heterocycles. The number of unbranched alkanes of at least 4 members (excludes halogenated alkanes) is 3. The zero-order valence-electron chi connectivity index (χ0n) is 14.3. The lowest BCUT2D eigenvalue weighted by molar-refractivity contribution is 0.389. The van der Waals surface area contributed by atoms with Gasteiger partial charge in [-0.2, -0.15) is 0 Å². The first-order valence-corrected chi connectivity index (χ1v) is 7.78. The lowest BCUT2D eigenvalue weighted by Crippen LogP contribution is -1.74. The quantitative estimate of drug-likeness (QED) is 0.377. The molecule has 1 aliphatic rings. The summed E-state index contributed by atoms with van der Waals surface area (Å²) >= 11 is 0. The Kier molecular flexibility index (Phi) is 65.0. The molecule has 0 aliphatic carbocycles. The molecule has 21 heavy (non-hydrogen) atoms. The molecular weight excluding hydrogens is 256 g/mol. The Labute approximate surface area is 139 Å². The zero-order chi connectivity index (χ0) is 14.8. The van der Waals surface area contributed by atoms with E-state index in [9.17, 15) is 0 Å². The highest BCUT2D eigenvalue weighted by atomic mass is 16.6. The van der Waals surface area contributed by atoms with Crippen LogP contribution in [0.15, 0.2) is 12.2 Å². The van der Waals surface area contributed by atoms with Crippen molar-refractivity contribution in [3.63, 3.8) is 0 Å². The van der Waals surface area contributed by atoms with Crippen LogP contribution < -0.4 is 0 Å². The maximum absolute atomic E-state index is 4.92. The normalized spacial score (nSPS) is 17.0. The molecule has 0 aromatic heterocycles. The van der Waals surface area contributed by atoms with Crippen molar-refractivity contribution in [2.45, 2.75) is 122 Å². The minimum atomic E-state index is 0. The summed E-state index contributed by atoms with van der Waals surface area (Å²) in [5.74, 6) is 0. The highest BCUT2D eigenvalue weighted by molar-refractivity contribution is 4.73. The number of allylic oxidation sites excluding steroid dienone is 2. The molecule has 1 nitrogen and oxygen atoms in total. The molecule has 0 bridgehead atoms. The van der Waals surface area contributed by atoms with Gasteiger partial charge in [-0.3, -0.25) is 0 Å². The summed E-state index contributed by atoms with van der Waals surface area (Å²) < 4.78 is 4.92. The first-order valence-electron chi connectivity index (χ1n) is 7.78. The highest BCUT2D eigenvalue weighted by Gasteiger charge is 2.27. The average molecular weight is 307 g/mol. The minimum Gasteiger partial charge on any atom is -0.370 e. The predicted molar refractivity (Wildman–Crippen MR) is 106 cm³/mol. The van der Waals surface area contributed by atoms with E-state index in [4.69, 9.17) is 4.74 Å². The Hall–Kier alpha value is -0.300. The molecule has 0 N–H and O–H groups in total. The average Bonchev–Trinajstić information content (AvgIpc) is 3.05. The summed E-state index contributed by atoms with van der Waals surface area (Å²) in [5.41, 5.74) is 0. The van der Waals surface area contributed by atoms with Crippen molar-refractivity contribution in [2.75, 3.05) is 0 Å². The van der Waals surface area contributed by atoms with Gasteiger partial charge in [0, 0.05) is 0 Å². The van der Waals surface area contributed by atoms with Crippen LogP contribution in [0.4, 0.5) is 0 Å². The molecule has 0 amide bonds. The second-order valence-corrected chi connectivity index (χ2v) is 4.57. The third-order valence-electron chi connectivity index (χ3n) is 2.55. The van der Waals surface area contributed by atoms with Crippen LogP contribution in [0.2, 0.25) is 0 Å². The third-order valence-corrected chi connectivity index (χ3v) is 2.55. The Morgan fingerprint density at radius 2 is 0.905 bits per heavy atom. The van der Waals surface area contributed by atoms with E-state index < -0.39 is 0 Å². The molecule has 2 atom stereocenters. The van der Waals surface area contributed by atoms with Gasteiger partial charge >= 0.3 is 0 Å². The minimum absolute atomic E-state index is 0. The summed E-state index contributed by atoms with van der Waals surface area (Å²) in [6.45, 7) is 16.9. The molecule has 0 aromatic rings. The van der Waals surface area contributed by atoms with Crippen molar-refractivity contribution in [3.8, 4) is 0 Å². The van der Waals surface area contributed by atoms with E-state index in [2.05, 4.69) is 41.5 Å². The summed E-state index contributed by atoms with van der Waals surface area (Å²) in [6.07, 6.45) is 11.8.